The van der Waals surface area contributed by atoms with E-state index in [1.165, 1.54) is 12.1 Å². The number of nitro groups is 1. The van der Waals surface area contributed by atoms with Crippen LogP contribution in [0.3, 0.4) is 0 Å². The summed E-state index contributed by atoms with van der Waals surface area (Å²) in [6, 6.07) is 4.33. The molecule has 0 radical (unpaired) electrons. The van der Waals surface area contributed by atoms with Gasteiger partial charge in [-0.15, -0.1) is 0 Å². The Balaban J connectivity index is 1.76. The van der Waals surface area contributed by atoms with Gasteiger partial charge in [-0.1, -0.05) is 0 Å². The summed E-state index contributed by atoms with van der Waals surface area (Å²) in [4.78, 5) is 38.1. The van der Waals surface area contributed by atoms with Gasteiger partial charge < -0.3 is 15.5 Å². The van der Waals surface area contributed by atoms with Gasteiger partial charge in [0.05, 0.1) is 4.92 Å². The molecule has 0 atom stereocenters. The Bertz CT molecular complexity index is 671. The van der Waals surface area contributed by atoms with E-state index in [-0.39, 0.29) is 17.6 Å². The number of anilines is 1. The highest BCUT2D eigenvalue weighted by molar-refractivity contribution is 5.91. The predicted octanol–water partition coefficient (Wildman–Crippen LogP) is 1.58. The fourth-order valence-corrected chi connectivity index (χ4v) is 2.81. The monoisotopic (exact) mass is 363 g/mol. The van der Waals surface area contributed by atoms with E-state index in [1.54, 1.807) is 17.9 Å². The smallest absolute Gasteiger partial charge is 0.317 e. The summed E-state index contributed by atoms with van der Waals surface area (Å²) in [5.74, 6) is -0.131. The first-order chi connectivity index (χ1) is 12.4. The molecule has 0 saturated carbocycles. The molecule has 9 nitrogen and oxygen atoms in total. The highest BCUT2D eigenvalue weighted by Gasteiger charge is 2.21. The van der Waals surface area contributed by atoms with E-state index in [2.05, 4.69) is 15.5 Å². The van der Waals surface area contributed by atoms with Crippen molar-refractivity contribution in [2.45, 2.75) is 20.3 Å². The van der Waals surface area contributed by atoms with Gasteiger partial charge in [0, 0.05) is 63.5 Å². The van der Waals surface area contributed by atoms with Crippen molar-refractivity contribution in [3.63, 3.8) is 0 Å². The number of hydrogen-bond acceptors (Lipinski definition) is 5. The first-order valence-corrected chi connectivity index (χ1v) is 8.70. The zero-order chi connectivity index (χ0) is 19.1. The summed E-state index contributed by atoms with van der Waals surface area (Å²) in [6.07, 6.45) is 0.331. The van der Waals surface area contributed by atoms with Gasteiger partial charge in [-0.25, -0.2) is 4.79 Å². The topological polar surface area (TPSA) is 108 Å². The molecule has 0 spiro atoms. The zero-order valence-corrected chi connectivity index (χ0v) is 15.2. The molecule has 3 amide bonds. The third-order valence-electron chi connectivity index (χ3n) is 4.34. The largest absolute Gasteiger partial charge is 0.338 e. The first-order valence-electron chi connectivity index (χ1n) is 8.70. The molecule has 2 rings (SSSR count). The van der Waals surface area contributed by atoms with Gasteiger partial charge in [0.25, 0.3) is 5.69 Å². The standard InChI is InChI=1S/C17H25N5O4/c1-3-18-17(24)21-10-8-20(9-11-21)7-6-16(23)19-15-5-4-14(22(25)26)12-13(15)2/h4-5,12H,3,6-11H2,1-2H3,(H,18,24)(H,19,23). The molecular weight excluding hydrogens is 338 g/mol. The second-order valence-electron chi connectivity index (χ2n) is 6.22. The molecule has 0 aliphatic carbocycles. The first kappa shape index (κ1) is 19.6. The Morgan fingerprint density at radius 1 is 1.23 bits per heavy atom. The molecule has 1 heterocycles. The van der Waals surface area contributed by atoms with Gasteiger partial charge in [0.2, 0.25) is 5.91 Å². The van der Waals surface area contributed by atoms with Crippen molar-refractivity contribution in [1.29, 1.82) is 0 Å². The Hall–Kier alpha value is -2.68. The Kier molecular flexibility index (Phi) is 6.90. The number of nitro benzene ring substituents is 1. The predicted molar refractivity (Wildman–Crippen MR) is 98.2 cm³/mol. The van der Waals surface area contributed by atoms with Crippen LogP contribution >= 0.6 is 0 Å². The van der Waals surface area contributed by atoms with Gasteiger partial charge in [0.1, 0.15) is 0 Å². The SMILES string of the molecule is CCNC(=O)N1CCN(CCC(=O)Nc2ccc([N+](=O)[O-])cc2C)CC1. The number of rotatable bonds is 6. The number of nitrogens with zero attached hydrogens (tertiary/aromatic N) is 3. The van der Waals surface area contributed by atoms with Crippen molar-refractivity contribution in [2.75, 3.05) is 44.6 Å². The molecule has 1 saturated heterocycles. The number of aryl methyl sites for hydroxylation is 1. The van der Waals surface area contributed by atoms with Crippen molar-refractivity contribution in [3.8, 4) is 0 Å². The molecule has 1 aromatic carbocycles. The lowest BCUT2D eigenvalue weighted by Gasteiger charge is -2.34. The second kappa shape index (κ2) is 9.14. The minimum absolute atomic E-state index is 0.00507. The molecule has 2 N–H and O–H groups in total. The molecule has 26 heavy (non-hydrogen) atoms. The summed E-state index contributed by atoms with van der Waals surface area (Å²) in [6.45, 7) is 7.61. The minimum atomic E-state index is -0.459. The third-order valence-corrected chi connectivity index (χ3v) is 4.34. The van der Waals surface area contributed by atoms with Gasteiger partial charge in [-0.05, 0) is 25.5 Å². The quantitative estimate of drug-likeness (QED) is 0.589. The normalized spacial score (nSPS) is 14.8. The average Bonchev–Trinajstić information content (AvgIpc) is 2.62. The molecule has 1 aromatic rings. The zero-order valence-electron chi connectivity index (χ0n) is 15.2. The molecule has 0 bridgehead atoms. The third kappa shape index (κ3) is 5.41. The Morgan fingerprint density at radius 2 is 1.92 bits per heavy atom. The number of urea groups is 1. The minimum Gasteiger partial charge on any atom is -0.338 e. The van der Waals surface area contributed by atoms with Crippen LogP contribution in [0.1, 0.15) is 18.9 Å². The van der Waals surface area contributed by atoms with Crippen LogP contribution in [-0.2, 0) is 4.79 Å². The number of nitrogens with one attached hydrogen (secondary N) is 2. The molecule has 0 aromatic heterocycles. The van der Waals surface area contributed by atoms with Crippen molar-refractivity contribution >= 4 is 23.3 Å². The van der Waals surface area contributed by atoms with Gasteiger partial charge >= 0.3 is 6.03 Å². The van der Waals surface area contributed by atoms with E-state index in [0.717, 1.165) is 13.1 Å². The van der Waals surface area contributed by atoms with E-state index < -0.39 is 4.92 Å². The van der Waals surface area contributed by atoms with Crippen LogP contribution in [0.25, 0.3) is 0 Å². The van der Waals surface area contributed by atoms with Gasteiger partial charge in [0.15, 0.2) is 0 Å². The molecular formula is C17H25N5O4. The highest BCUT2D eigenvalue weighted by Crippen LogP contribution is 2.21. The van der Waals surface area contributed by atoms with E-state index in [0.29, 0.717) is 43.9 Å². The number of piperazine rings is 1. The number of benzene rings is 1. The van der Waals surface area contributed by atoms with E-state index in [4.69, 9.17) is 0 Å². The van der Waals surface area contributed by atoms with Crippen molar-refractivity contribution < 1.29 is 14.5 Å². The molecule has 1 aliphatic heterocycles. The number of carbonyl (C=O) groups excluding carboxylic acids is 2. The summed E-state index contributed by atoms with van der Waals surface area (Å²) < 4.78 is 0. The highest BCUT2D eigenvalue weighted by atomic mass is 16.6. The molecule has 142 valence electrons. The molecule has 1 aliphatic rings. The fraction of sp³-hybridized carbons (Fsp3) is 0.529. The average molecular weight is 363 g/mol. The Labute approximate surface area is 152 Å². The van der Waals surface area contributed by atoms with Gasteiger partial charge in [-0.2, -0.15) is 0 Å². The lowest BCUT2D eigenvalue weighted by Crippen LogP contribution is -2.52. The van der Waals surface area contributed by atoms with E-state index in [1.807, 2.05) is 6.92 Å². The van der Waals surface area contributed by atoms with E-state index >= 15 is 0 Å². The van der Waals surface area contributed by atoms with Crippen LogP contribution in [0.2, 0.25) is 0 Å². The molecule has 0 unspecified atom stereocenters. The van der Waals surface area contributed by atoms with E-state index in [9.17, 15) is 19.7 Å². The van der Waals surface area contributed by atoms with Crippen LogP contribution in [0.5, 0.6) is 0 Å². The Morgan fingerprint density at radius 3 is 2.50 bits per heavy atom. The summed E-state index contributed by atoms with van der Waals surface area (Å²) in [5, 5.41) is 16.3. The van der Waals surface area contributed by atoms with Crippen molar-refractivity contribution in [1.82, 2.24) is 15.1 Å². The van der Waals surface area contributed by atoms with Gasteiger partial charge in [-0.3, -0.25) is 19.8 Å². The summed E-state index contributed by atoms with van der Waals surface area (Å²) >= 11 is 0. The number of hydrogen-bond donors (Lipinski definition) is 2. The fourth-order valence-electron chi connectivity index (χ4n) is 2.81. The van der Waals surface area contributed by atoms with Crippen LogP contribution < -0.4 is 10.6 Å². The summed E-state index contributed by atoms with van der Waals surface area (Å²) in [7, 11) is 0. The number of carbonyl (C=O) groups is 2. The molecule has 9 heteroatoms. The van der Waals surface area contributed by atoms with Crippen LogP contribution in [0.4, 0.5) is 16.2 Å². The van der Waals surface area contributed by atoms with Crippen LogP contribution in [0, 0.1) is 17.0 Å². The van der Waals surface area contributed by atoms with Crippen molar-refractivity contribution in [3.05, 3.63) is 33.9 Å². The number of non-ortho nitro benzene ring substituents is 1. The maximum absolute atomic E-state index is 12.1. The number of amides is 3. The second-order valence-corrected chi connectivity index (χ2v) is 6.22. The van der Waals surface area contributed by atoms with Crippen molar-refractivity contribution in [2.24, 2.45) is 0 Å². The lowest BCUT2D eigenvalue weighted by atomic mass is 10.1. The van der Waals surface area contributed by atoms with Crippen LogP contribution in [-0.4, -0.2) is 65.9 Å². The molecule has 1 fully saturated rings. The maximum atomic E-state index is 12.1. The summed E-state index contributed by atoms with van der Waals surface area (Å²) in [5.41, 5.74) is 1.25. The maximum Gasteiger partial charge on any atom is 0.317 e. The lowest BCUT2D eigenvalue weighted by molar-refractivity contribution is -0.384. The van der Waals surface area contributed by atoms with Crippen LogP contribution in [0.15, 0.2) is 18.2 Å².